The summed E-state index contributed by atoms with van der Waals surface area (Å²) in [5.41, 5.74) is 1.85. The van der Waals surface area contributed by atoms with Crippen molar-refractivity contribution in [3.8, 4) is 11.8 Å². The van der Waals surface area contributed by atoms with Crippen molar-refractivity contribution in [1.82, 2.24) is 25.3 Å². The molecule has 8 rings (SSSR count). The van der Waals surface area contributed by atoms with E-state index < -0.39 is 29.7 Å². The lowest BCUT2D eigenvalue weighted by molar-refractivity contribution is -0.136. The van der Waals surface area contributed by atoms with Crippen molar-refractivity contribution in [2.24, 2.45) is 11.8 Å². The predicted octanol–water partition coefficient (Wildman–Crippen LogP) is 3.63. The second-order valence-corrected chi connectivity index (χ2v) is 15.6. The molecule has 3 atom stereocenters. The van der Waals surface area contributed by atoms with E-state index in [4.69, 9.17) is 21.6 Å². The molecule has 1 aromatic heterocycles. The number of piperidine rings is 2. The van der Waals surface area contributed by atoms with E-state index in [-0.39, 0.29) is 36.3 Å². The molecule has 3 saturated heterocycles. The molecule has 5 amide bonds. The van der Waals surface area contributed by atoms with Gasteiger partial charge in [-0.25, -0.2) is 0 Å². The molecule has 2 N–H and O–H groups in total. The van der Waals surface area contributed by atoms with Gasteiger partial charge in [0.1, 0.15) is 17.9 Å². The molecule has 5 aliphatic rings. The quantitative estimate of drug-likeness (QED) is 0.302. The maximum atomic E-state index is 13.3. The van der Waals surface area contributed by atoms with Gasteiger partial charge in [0, 0.05) is 69.9 Å². The lowest BCUT2D eigenvalue weighted by Gasteiger charge is -2.39. The number of fused-ring (bicyclic) bond motifs is 1. The number of hydrogen-bond donors (Lipinski definition) is 2. The third-order valence-corrected chi connectivity index (χ3v) is 11.9. The smallest absolute Gasteiger partial charge is 0.262 e. The maximum Gasteiger partial charge on any atom is 0.262 e. The third kappa shape index (κ3) is 7.76. The van der Waals surface area contributed by atoms with Crippen LogP contribution in [0.4, 0.5) is 17.3 Å². The van der Waals surface area contributed by atoms with Gasteiger partial charge in [-0.05, 0) is 86.9 Å². The zero-order valence-electron chi connectivity index (χ0n) is 30.8. The lowest BCUT2D eigenvalue weighted by Crippen LogP contribution is -2.54. The number of ether oxygens (including phenoxy) is 1. The summed E-state index contributed by atoms with van der Waals surface area (Å²) in [5, 5.41) is 23.3. The van der Waals surface area contributed by atoms with E-state index in [9.17, 15) is 24.0 Å². The molecular formula is C40H42ClN9O6. The number of halogens is 1. The number of rotatable bonds is 9. The first-order valence-electron chi connectivity index (χ1n) is 19.2. The molecule has 290 valence electrons. The van der Waals surface area contributed by atoms with Crippen LogP contribution in [0.2, 0.25) is 5.02 Å². The summed E-state index contributed by atoms with van der Waals surface area (Å²) in [5.74, 6) is 0.0554. The van der Waals surface area contributed by atoms with Gasteiger partial charge in [-0.3, -0.25) is 39.1 Å². The van der Waals surface area contributed by atoms with Gasteiger partial charge < -0.3 is 19.9 Å². The molecule has 2 unspecified atom stereocenters. The number of nitrogens with zero attached hydrogens (tertiary/aromatic N) is 7. The van der Waals surface area contributed by atoms with Crippen molar-refractivity contribution in [2.75, 3.05) is 60.9 Å². The Balaban J connectivity index is 0.762. The highest BCUT2D eigenvalue weighted by atomic mass is 35.5. The van der Waals surface area contributed by atoms with Crippen molar-refractivity contribution < 1.29 is 28.7 Å². The predicted molar refractivity (Wildman–Crippen MR) is 205 cm³/mol. The molecule has 0 radical (unpaired) electrons. The van der Waals surface area contributed by atoms with Crippen molar-refractivity contribution >= 4 is 58.5 Å². The first-order chi connectivity index (χ1) is 27.1. The summed E-state index contributed by atoms with van der Waals surface area (Å²) in [7, 11) is 0. The molecule has 5 heterocycles. The van der Waals surface area contributed by atoms with Crippen LogP contribution in [-0.2, 0) is 14.4 Å². The topological polar surface area (TPSA) is 181 Å². The van der Waals surface area contributed by atoms with Gasteiger partial charge in [0.2, 0.25) is 17.7 Å². The fourth-order valence-electron chi connectivity index (χ4n) is 8.48. The molecule has 3 aromatic rings. The number of imide groups is 2. The number of aromatic nitrogens is 2. The number of carbonyl (C=O) groups excluding carboxylic acids is 5. The van der Waals surface area contributed by atoms with Crippen LogP contribution in [0.15, 0.2) is 48.5 Å². The number of hydrogen-bond acceptors (Lipinski definition) is 12. The van der Waals surface area contributed by atoms with Crippen LogP contribution in [-0.4, -0.2) is 107 Å². The first-order valence-corrected chi connectivity index (χ1v) is 19.6. The Kier molecular flexibility index (Phi) is 10.6. The SMILES string of the molecule is N#Cc1ccc(O[C@H]2CCC(C(=O)Nc3ccc(N4CCC(CN5CCN(c6ccc7c(c6)C(=O)N(C6CCC(=O)NC6=O)C7=O)CC5)CC4)nn3)C2)cc1Cl. The van der Waals surface area contributed by atoms with Gasteiger partial charge in [0.25, 0.3) is 11.8 Å². The number of nitriles is 1. The first kappa shape index (κ1) is 37.3. The lowest BCUT2D eigenvalue weighted by atomic mass is 9.96. The van der Waals surface area contributed by atoms with Gasteiger partial charge in [-0.1, -0.05) is 11.6 Å². The summed E-state index contributed by atoms with van der Waals surface area (Å²) in [6.45, 7) is 6.09. The minimum absolute atomic E-state index is 0.0878. The van der Waals surface area contributed by atoms with Crippen molar-refractivity contribution in [2.45, 2.75) is 57.1 Å². The summed E-state index contributed by atoms with van der Waals surface area (Å²) in [6.07, 6.45) is 4.19. The van der Waals surface area contributed by atoms with Gasteiger partial charge in [-0.15, -0.1) is 10.2 Å². The zero-order valence-corrected chi connectivity index (χ0v) is 31.5. The van der Waals surface area contributed by atoms with Gasteiger partial charge in [0.05, 0.1) is 27.8 Å². The van der Waals surface area contributed by atoms with E-state index >= 15 is 0 Å². The van der Waals surface area contributed by atoms with Crippen LogP contribution in [0.5, 0.6) is 5.75 Å². The Hall–Kier alpha value is -5.59. The van der Waals surface area contributed by atoms with E-state index in [2.05, 4.69) is 35.5 Å². The van der Waals surface area contributed by atoms with Crippen molar-refractivity contribution in [1.29, 1.82) is 5.26 Å². The monoisotopic (exact) mass is 779 g/mol. The second kappa shape index (κ2) is 15.9. The molecule has 1 saturated carbocycles. The highest BCUT2D eigenvalue weighted by Gasteiger charge is 2.45. The average molecular weight is 780 g/mol. The van der Waals surface area contributed by atoms with Crippen LogP contribution >= 0.6 is 11.6 Å². The molecule has 16 heteroatoms. The number of piperazine rings is 1. The summed E-state index contributed by atoms with van der Waals surface area (Å²) < 4.78 is 6.03. The van der Waals surface area contributed by atoms with E-state index in [0.717, 1.165) is 81.5 Å². The van der Waals surface area contributed by atoms with Crippen LogP contribution in [0.3, 0.4) is 0 Å². The zero-order chi connectivity index (χ0) is 38.9. The van der Waals surface area contributed by atoms with Gasteiger partial charge >= 0.3 is 0 Å². The number of carbonyl (C=O) groups is 5. The van der Waals surface area contributed by atoms with Gasteiger partial charge in [0.15, 0.2) is 11.6 Å². The Morgan fingerprint density at radius 1 is 0.875 bits per heavy atom. The number of anilines is 3. The summed E-state index contributed by atoms with van der Waals surface area (Å²) >= 11 is 6.14. The van der Waals surface area contributed by atoms with Crippen LogP contribution in [0, 0.1) is 23.2 Å². The standard InChI is InChI=1S/C40H42ClN9O6/c41-32-21-29(5-2-26(32)22-42)56-28-4-1-25(19-28)37(52)43-34-8-9-35(46-45-34)49-13-11-24(12-14-49)23-47-15-17-48(18-16-47)27-3-6-30-31(20-27)40(55)50(39(30)54)33-7-10-36(51)44-38(33)53/h2-3,5-6,8-9,20-21,24-25,28,33H,1,4,7,10-19,23H2,(H,43,45,52)(H,44,51,53)/t25?,28-,33?/m0/s1. The average Bonchev–Trinajstić information content (AvgIpc) is 3.77. The molecule has 0 bridgehead atoms. The molecule has 4 aliphatic heterocycles. The van der Waals surface area contributed by atoms with Crippen LogP contribution in [0.25, 0.3) is 0 Å². The molecular weight excluding hydrogens is 738 g/mol. The molecule has 15 nitrogen and oxygen atoms in total. The number of benzene rings is 2. The minimum Gasteiger partial charge on any atom is -0.490 e. The number of amides is 5. The van der Waals surface area contributed by atoms with E-state index in [1.165, 1.54) is 0 Å². The van der Waals surface area contributed by atoms with Gasteiger partial charge in [-0.2, -0.15) is 5.26 Å². The Morgan fingerprint density at radius 3 is 2.38 bits per heavy atom. The normalized spacial score (nSPS) is 23.2. The highest BCUT2D eigenvalue weighted by Crippen LogP contribution is 2.33. The van der Waals surface area contributed by atoms with Crippen LogP contribution < -0.4 is 25.2 Å². The molecule has 2 aromatic carbocycles. The number of nitrogens with one attached hydrogen (secondary N) is 2. The molecule has 0 spiro atoms. The summed E-state index contributed by atoms with van der Waals surface area (Å²) in [4.78, 5) is 71.4. The fourth-order valence-corrected chi connectivity index (χ4v) is 8.69. The van der Waals surface area contributed by atoms with E-state index in [0.29, 0.717) is 46.5 Å². The molecule has 4 fully saturated rings. The molecule has 1 aliphatic carbocycles. The highest BCUT2D eigenvalue weighted by molar-refractivity contribution is 6.31. The van der Waals surface area contributed by atoms with Crippen LogP contribution in [0.1, 0.15) is 71.2 Å². The maximum absolute atomic E-state index is 13.3. The molecule has 56 heavy (non-hydrogen) atoms. The minimum atomic E-state index is -0.977. The summed E-state index contributed by atoms with van der Waals surface area (Å²) in [6, 6.07) is 15.1. The fraction of sp³-hybridized carbons (Fsp3) is 0.450. The Morgan fingerprint density at radius 2 is 1.66 bits per heavy atom. The van der Waals surface area contributed by atoms with Crippen molar-refractivity contribution in [3.05, 3.63) is 70.2 Å². The largest absolute Gasteiger partial charge is 0.490 e. The third-order valence-electron chi connectivity index (χ3n) is 11.6. The second-order valence-electron chi connectivity index (χ2n) is 15.2. The van der Waals surface area contributed by atoms with E-state index in [1.54, 1.807) is 36.4 Å². The Labute approximate surface area is 328 Å². The van der Waals surface area contributed by atoms with Crippen molar-refractivity contribution in [3.63, 3.8) is 0 Å². The Bertz CT molecular complexity index is 2090. The van der Waals surface area contributed by atoms with E-state index in [1.807, 2.05) is 18.2 Å².